The number of imidazole rings is 1. The zero-order valence-electron chi connectivity index (χ0n) is 14.2. The molecule has 0 saturated carbocycles. The lowest BCUT2D eigenvalue weighted by molar-refractivity contribution is 0.0939. The molecule has 1 N–H and O–H groups in total. The van der Waals surface area contributed by atoms with Gasteiger partial charge in [-0.15, -0.1) is 0 Å². The lowest BCUT2D eigenvalue weighted by Gasteiger charge is -2.16. The van der Waals surface area contributed by atoms with Crippen LogP contribution < -0.4 is 5.32 Å². The fourth-order valence-electron chi connectivity index (χ4n) is 2.77. The molecular weight excluding hydrogens is 298 g/mol. The minimum Gasteiger partial charge on any atom is -0.346 e. The Kier molecular flexibility index (Phi) is 4.47. The Hall–Kier alpha value is -2.88. The van der Waals surface area contributed by atoms with Gasteiger partial charge in [-0.2, -0.15) is 0 Å². The lowest BCUT2D eigenvalue weighted by atomic mass is 10.0. The second-order valence-corrected chi connectivity index (χ2v) is 6.08. The molecule has 0 spiro atoms. The SMILES string of the molecule is Cc1ccc(C(=O)N[C@H](C)c2ccc(-n3ccnc3)cc2)c(C)c1. The summed E-state index contributed by atoms with van der Waals surface area (Å²) in [5.41, 5.74) is 4.99. The van der Waals surface area contributed by atoms with Crippen molar-refractivity contribution in [2.24, 2.45) is 0 Å². The van der Waals surface area contributed by atoms with Crippen molar-refractivity contribution in [2.75, 3.05) is 0 Å². The first-order valence-electron chi connectivity index (χ1n) is 8.01. The Morgan fingerprint density at radius 3 is 2.50 bits per heavy atom. The highest BCUT2D eigenvalue weighted by Gasteiger charge is 2.13. The number of aromatic nitrogens is 2. The lowest BCUT2D eigenvalue weighted by Crippen LogP contribution is -2.27. The zero-order valence-corrected chi connectivity index (χ0v) is 14.2. The highest BCUT2D eigenvalue weighted by molar-refractivity contribution is 5.95. The average molecular weight is 319 g/mol. The predicted molar refractivity (Wildman–Crippen MR) is 95.4 cm³/mol. The van der Waals surface area contributed by atoms with Gasteiger partial charge in [-0.3, -0.25) is 4.79 Å². The molecule has 0 bridgehead atoms. The summed E-state index contributed by atoms with van der Waals surface area (Å²) in [6.45, 7) is 5.99. The zero-order chi connectivity index (χ0) is 17.1. The Labute approximate surface area is 142 Å². The Bertz CT molecular complexity index is 836. The van der Waals surface area contributed by atoms with Gasteiger partial charge in [-0.1, -0.05) is 29.8 Å². The molecule has 1 aromatic heterocycles. The van der Waals surface area contributed by atoms with E-state index in [2.05, 4.69) is 10.3 Å². The standard InChI is InChI=1S/C20H21N3O/c1-14-4-9-19(15(2)12-14)20(24)22-16(3)17-5-7-18(8-6-17)23-11-10-21-13-23/h4-13,16H,1-3H3,(H,22,24)/t16-/m1/s1. The molecule has 1 heterocycles. The number of aryl methyl sites for hydroxylation is 2. The van der Waals surface area contributed by atoms with Gasteiger partial charge < -0.3 is 9.88 Å². The highest BCUT2D eigenvalue weighted by atomic mass is 16.1. The second kappa shape index (κ2) is 6.71. The monoisotopic (exact) mass is 319 g/mol. The summed E-state index contributed by atoms with van der Waals surface area (Å²) in [5.74, 6) is -0.0429. The summed E-state index contributed by atoms with van der Waals surface area (Å²) < 4.78 is 1.95. The number of benzene rings is 2. The topological polar surface area (TPSA) is 46.9 Å². The van der Waals surface area contributed by atoms with E-state index >= 15 is 0 Å². The van der Waals surface area contributed by atoms with Gasteiger partial charge in [0, 0.05) is 23.6 Å². The maximum absolute atomic E-state index is 12.5. The van der Waals surface area contributed by atoms with Crippen molar-refractivity contribution in [2.45, 2.75) is 26.8 Å². The van der Waals surface area contributed by atoms with Crippen LogP contribution in [0.2, 0.25) is 0 Å². The quantitative estimate of drug-likeness (QED) is 0.790. The van der Waals surface area contributed by atoms with Crippen LogP contribution in [0, 0.1) is 13.8 Å². The van der Waals surface area contributed by atoms with Crippen molar-refractivity contribution in [3.63, 3.8) is 0 Å². The first kappa shape index (κ1) is 16.0. The molecule has 4 heteroatoms. The van der Waals surface area contributed by atoms with Crippen LogP contribution in [0.1, 0.15) is 40.0 Å². The maximum atomic E-state index is 12.5. The normalized spacial score (nSPS) is 12.0. The van der Waals surface area contributed by atoms with Crippen LogP contribution >= 0.6 is 0 Å². The first-order chi connectivity index (χ1) is 11.5. The third kappa shape index (κ3) is 3.38. The number of nitrogens with one attached hydrogen (secondary N) is 1. The molecule has 24 heavy (non-hydrogen) atoms. The summed E-state index contributed by atoms with van der Waals surface area (Å²) in [7, 11) is 0. The molecule has 3 aromatic rings. The summed E-state index contributed by atoms with van der Waals surface area (Å²) in [6.07, 6.45) is 5.42. The van der Waals surface area contributed by atoms with Crippen molar-refractivity contribution in [1.82, 2.24) is 14.9 Å². The van der Waals surface area contributed by atoms with E-state index in [-0.39, 0.29) is 11.9 Å². The fourth-order valence-corrected chi connectivity index (χ4v) is 2.77. The van der Waals surface area contributed by atoms with Gasteiger partial charge in [0.25, 0.3) is 5.91 Å². The van der Waals surface area contributed by atoms with Gasteiger partial charge in [0.1, 0.15) is 0 Å². The third-order valence-electron chi connectivity index (χ3n) is 4.17. The minimum absolute atomic E-state index is 0.0429. The van der Waals surface area contributed by atoms with Crippen LogP contribution in [-0.4, -0.2) is 15.5 Å². The van der Waals surface area contributed by atoms with Gasteiger partial charge in [0.05, 0.1) is 12.4 Å². The van der Waals surface area contributed by atoms with Gasteiger partial charge in [-0.25, -0.2) is 4.98 Å². The van der Waals surface area contributed by atoms with Crippen molar-refractivity contribution in [3.8, 4) is 5.69 Å². The molecule has 2 aromatic carbocycles. The molecule has 0 aliphatic rings. The molecule has 0 fully saturated rings. The molecule has 1 amide bonds. The molecule has 3 rings (SSSR count). The van der Waals surface area contributed by atoms with Crippen LogP contribution in [0.4, 0.5) is 0 Å². The second-order valence-electron chi connectivity index (χ2n) is 6.08. The number of hydrogen-bond donors (Lipinski definition) is 1. The van der Waals surface area contributed by atoms with Crippen LogP contribution in [0.5, 0.6) is 0 Å². The minimum atomic E-state index is -0.0601. The number of carbonyl (C=O) groups is 1. The summed E-state index contributed by atoms with van der Waals surface area (Å²) >= 11 is 0. The molecule has 122 valence electrons. The largest absolute Gasteiger partial charge is 0.346 e. The smallest absolute Gasteiger partial charge is 0.252 e. The molecule has 0 aliphatic carbocycles. The van der Waals surface area contributed by atoms with E-state index in [0.29, 0.717) is 0 Å². The van der Waals surface area contributed by atoms with Crippen LogP contribution in [-0.2, 0) is 0 Å². The van der Waals surface area contributed by atoms with Crippen molar-refractivity contribution in [3.05, 3.63) is 83.4 Å². The predicted octanol–water partition coefficient (Wildman–Crippen LogP) is 3.98. The first-order valence-corrected chi connectivity index (χ1v) is 8.01. The van der Waals surface area contributed by atoms with E-state index < -0.39 is 0 Å². The van der Waals surface area contributed by atoms with E-state index in [1.165, 1.54) is 0 Å². The van der Waals surface area contributed by atoms with Crippen molar-refractivity contribution >= 4 is 5.91 Å². The van der Waals surface area contributed by atoms with Crippen LogP contribution in [0.25, 0.3) is 5.69 Å². The highest BCUT2D eigenvalue weighted by Crippen LogP contribution is 2.17. The number of hydrogen-bond acceptors (Lipinski definition) is 2. The molecule has 0 unspecified atom stereocenters. The van der Waals surface area contributed by atoms with E-state index in [0.717, 1.165) is 27.9 Å². The number of rotatable bonds is 4. The summed E-state index contributed by atoms with van der Waals surface area (Å²) in [6, 6.07) is 13.9. The van der Waals surface area contributed by atoms with Crippen molar-refractivity contribution < 1.29 is 4.79 Å². The molecule has 1 atom stereocenters. The van der Waals surface area contributed by atoms with Gasteiger partial charge in [0.2, 0.25) is 0 Å². The molecular formula is C20H21N3O. The van der Waals surface area contributed by atoms with Gasteiger partial charge >= 0.3 is 0 Å². The third-order valence-corrected chi connectivity index (χ3v) is 4.17. The van der Waals surface area contributed by atoms with Gasteiger partial charge in [-0.05, 0) is 50.1 Å². The number of amides is 1. The molecule has 4 nitrogen and oxygen atoms in total. The Balaban J connectivity index is 1.72. The maximum Gasteiger partial charge on any atom is 0.252 e. The molecule has 0 radical (unpaired) electrons. The van der Waals surface area contributed by atoms with Crippen LogP contribution in [0.3, 0.4) is 0 Å². The van der Waals surface area contributed by atoms with E-state index in [1.807, 2.05) is 74.0 Å². The number of nitrogens with zero attached hydrogens (tertiary/aromatic N) is 2. The average Bonchev–Trinajstić information content (AvgIpc) is 3.09. The van der Waals surface area contributed by atoms with Gasteiger partial charge in [0.15, 0.2) is 0 Å². The molecule has 0 saturated heterocycles. The number of carbonyl (C=O) groups excluding carboxylic acids is 1. The Morgan fingerprint density at radius 2 is 1.88 bits per heavy atom. The molecule has 0 aliphatic heterocycles. The summed E-state index contributed by atoms with van der Waals surface area (Å²) in [5, 5.41) is 3.07. The van der Waals surface area contributed by atoms with E-state index in [1.54, 1.807) is 12.5 Å². The summed E-state index contributed by atoms with van der Waals surface area (Å²) in [4.78, 5) is 16.5. The van der Waals surface area contributed by atoms with E-state index in [9.17, 15) is 4.79 Å². The fraction of sp³-hybridized carbons (Fsp3) is 0.200. The van der Waals surface area contributed by atoms with Crippen LogP contribution in [0.15, 0.2) is 61.2 Å². The van der Waals surface area contributed by atoms with E-state index in [4.69, 9.17) is 0 Å². The van der Waals surface area contributed by atoms with Crippen molar-refractivity contribution in [1.29, 1.82) is 0 Å². The Morgan fingerprint density at radius 1 is 1.12 bits per heavy atom.